The van der Waals surface area contributed by atoms with Crippen LogP contribution in [-0.2, 0) is 22.6 Å². The quantitative estimate of drug-likeness (QED) is 0.711. The van der Waals surface area contributed by atoms with Crippen molar-refractivity contribution in [3.8, 4) is 0 Å². The van der Waals surface area contributed by atoms with Gasteiger partial charge in [0.2, 0.25) is 11.8 Å². The molecule has 0 spiro atoms. The van der Waals surface area contributed by atoms with Gasteiger partial charge in [-0.15, -0.1) is 11.8 Å². The van der Waals surface area contributed by atoms with Gasteiger partial charge in [-0.3, -0.25) is 9.59 Å². The molecule has 1 N–H and O–H groups in total. The second kappa shape index (κ2) is 9.29. The molecule has 0 unspecified atom stereocenters. The Morgan fingerprint density at radius 1 is 1.13 bits per heavy atom. The van der Waals surface area contributed by atoms with Crippen molar-refractivity contribution in [1.82, 2.24) is 14.8 Å². The number of carbonyl (C=O) groups is 2. The summed E-state index contributed by atoms with van der Waals surface area (Å²) in [7, 11) is 0. The van der Waals surface area contributed by atoms with Gasteiger partial charge in [0, 0.05) is 23.7 Å². The molecule has 1 fully saturated rings. The van der Waals surface area contributed by atoms with Crippen molar-refractivity contribution in [3.05, 3.63) is 53.9 Å². The number of amides is 2. The van der Waals surface area contributed by atoms with Crippen molar-refractivity contribution in [1.29, 1.82) is 0 Å². The lowest BCUT2D eigenvalue weighted by molar-refractivity contribution is -0.144. The molecule has 1 aromatic heterocycles. The van der Waals surface area contributed by atoms with Crippen LogP contribution in [0.2, 0.25) is 0 Å². The van der Waals surface area contributed by atoms with Crippen molar-refractivity contribution in [2.24, 2.45) is 5.92 Å². The third-order valence-corrected chi connectivity index (χ3v) is 7.24. The van der Waals surface area contributed by atoms with Gasteiger partial charge in [0.05, 0.1) is 5.69 Å². The van der Waals surface area contributed by atoms with Crippen LogP contribution in [0, 0.1) is 5.92 Å². The number of fused-ring (bicyclic) bond motifs is 1. The van der Waals surface area contributed by atoms with E-state index in [4.69, 9.17) is 0 Å². The standard InChI is InChI=1S/C24H31N3O2S/c1-17-5-9-19(10-6-17)25-24(29)23-21-4-3-14-26(21)16-22(28)27(23)15-13-18-7-11-20(30-2)12-8-18/h3-4,7-8,11-12,14,17,19,23H,5-6,9-10,13,15-16H2,1-2H3,(H,25,29)/t17?,19?,23-/m0/s1. The molecule has 1 aliphatic carbocycles. The first kappa shape index (κ1) is 21.0. The van der Waals surface area contributed by atoms with Crippen molar-refractivity contribution in [2.45, 2.75) is 62.6 Å². The molecule has 5 nitrogen and oxygen atoms in total. The molecule has 1 saturated carbocycles. The number of nitrogens with zero attached hydrogens (tertiary/aromatic N) is 2. The molecule has 1 atom stereocenters. The molecule has 160 valence electrons. The Bertz CT molecular complexity index is 884. The third kappa shape index (κ3) is 4.59. The van der Waals surface area contributed by atoms with Gasteiger partial charge >= 0.3 is 0 Å². The monoisotopic (exact) mass is 425 g/mol. The van der Waals surface area contributed by atoms with Gasteiger partial charge in [-0.2, -0.15) is 0 Å². The van der Waals surface area contributed by atoms with E-state index in [1.807, 2.05) is 22.9 Å². The van der Waals surface area contributed by atoms with Gasteiger partial charge in [0.25, 0.3) is 0 Å². The van der Waals surface area contributed by atoms with Crippen LogP contribution in [0.5, 0.6) is 0 Å². The second-order valence-corrected chi connectivity index (χ2v) is 9.49. The van der Waals surface area contributed by atoms with Crippen molar-refractivity contribution < 1.29 is 9.59 Å². The minimum absolute atomic E-state index is 0.0110. The Balaban J connectivity index is 1.49. The van der Waals surface area contributed by atoms with E-state index >= 15 is 0 Å². The maximum atomic E-state index is 13.3. The molecule has 0 radical (unpaired) electrons. The highest BCUT2D eigenvalue weighted by Crippen LogP contribution is 2.29. The van der Waals surface area contributed by atoms with Gasteiger partial charge in [-0.1, -0.05) is 19.1 Å². The van der Waals surface area contributed by atoms with Gasteiger partial charge in [-0.05, 0) is 74.1 Å². The Labute approximate surface area is 183 Å². The van der Waals surface area contributed by atoms with Crippen LogP contribution in [0.25, 0.3) is 0 Å². The van der Waals surface area contributed by atoms with Crippen molar-refractivity contribution in [2.75, 3.05) is 12.8 Å². The molecule has 0 bridgehead atoms. The summed E-state index contributed by atoms with van der Waals surface area (Å²) in [4.78, 5) is 29.3. The molecule has 2 aromatic rings. The number of rotatable bonds is 6. The molecular weight excluding hydrogens is 394 g/mol. The first-order valence-electron chi connectivity index (χ1n) is 10.9. The zero-order chi connectivity index (χ0) is 21.1. The van der Waals surface area contributed by atoms with E-state index in [0.717, 1.165) is 43.7 Å². The third-order valence-electron chi connectivity index (χ3n) is 6.49. The van der Waals surface area contributed by atoms with Crippen LogP contribution >= 0.6 is 11.8 Å². The molecule has 1 aromatic carbocycles. The molecule has 2 amide bonds. The Morgan fingerprint density at radius 3 is 2.57 bits per heavy atom. The largest absolute Gasteiger partial charge is 0.351 e. The Hall–Kier alpha value is -2.21. The van der Waals surface area contributed by atoms with Crippen LogP contribution in [0.15, 0.2) is 47.5 Å². The summed E-state index contributed by atoms with van der Waals surface area (Å²) in [6.45, 7) is 3.12. The summed E-state index contributed by atoms with van der Waals surface area (Å²) in [5, 5.41) is 3.25. The van der Waals surface area contributed by atoms with Gasteiger partial charge in [0.1, 0.15) is 6.54 Å². The summed E-state index contributed by atoms with van der Waals surface area (Å²) >= 11 is 1.72. The smallest absolute Gasteiger partial charge is 0.249 e. The molecule has 2 heterocycles. The fourth-order valence-corrected chi connectivity index (χ4v) is 5.02. The van der Waals surface area contributed by atoms with Gasteiger partial charge < -0.3 is 14.8 Å². The van der Waals surface area contributed by atoms with Crippen LogP contribution in [-0.4, -0.2) is 40.1 Å². The maximum absolute atomic E-state index is 13.3. The predicted molar refractivity (Wildman–Crippen MR) is 120 cm³/mol. The first-order chi connectivity index (χ1) is 14.5. The SMILES string of the molecule is CSc1ccc(CCN2C(=O)Cn3cccc3[C@H]2C(=O)NC2CCC(C)CC2)cc1. The average Bonchev–Trinajstić information content (AvgIpc) is 3.21. The zero-order valence-corrected chi connectivity index (χ0v) is 18.7. The summed E-state index contributed by atoms with van der Waals surface area (Å²) in [5.74, 6) is 0.706. The number of benzene rings is 1. The lowest BCUT2D eigenvalue weighted by Crippen LogP contribution is -2.51. The van der Waals surface area contributed by atoms with Gasteiger partial charge in [-0.25, -0.2) is 0 Å². The molecule has 1 aliphatic heterocycles. The number of nitrogens with one attached hydrogen (secondary N) is 1. The van der Waals surface area contributed by atoms with Crippen molar-refractivity contribution >= 4 is 23.6 Å². The van der Waals surface area contributed by atoms with E-state index in [1.165, 1.54) is 10.5 Å². The summed E-state index contributed by atoms with van der Waals surface area (Å²) < 4.78 is 1.92. The number of thioether (sulfide) groups is 1. The number of hydrogen-bond acceptors (Lipinski definition) is 3. The average molecular weight is 426 g/mol. The summed E-state index contributed by atoms with van der Waals surface area (Å²) in [6, 6.07) is 12.0. The van der Waals surface area contributed by atoms with E-state index in [9.17, 15) is 9.59 Å². The number of aromatic nitrogens is 1. The molecule has 30 heavy (non-hydrogen) atoms. The first-order valence-corrected chi connectivity index (χ1v) is 12.2. The maximum Gasteiger partial charge on any atom is 0.249 e. The highest BCUT2D eigenvalue weighted by Gasteiger charge is 2.38. The number of hydrogen-bond donors (Lipinski definition) is 1. The summed E-state index contributed by atoms with van der Waals surface area (Å²) in [6.07, 6.45) is 9.06. The topological polar surface area (TPSA) is 54.3 Å². The molecule has 4 rings (SSSR count). The molecule has 2 aliphatic rings. The predicted octanol–water partition coefficient (Wildman–Crippen LogP) is 4.03. The molecule has 0 saturated heterocycles. The summed E-state index contributed by atoms with van der Waals surface area (Å²) in [5.41, 5.74) is 2.09. The van der Waals surface area contributed by atoms with Crippen LogP contribution < -0.4 is 5.32 Å². The van der Waals surface area contributed by atoms with E-state index in [1.54, 1.807) is 16.7 Å². The Kier molecular flexibility index (Phi) is 6.52. The second-order valence-electron chi connectivity index (χ2n) is 8.61. The number of carbonyl (C=O) groups excluding carboxylic acids is 2. The Morgan fingerprint density at radius 2 is 1.87 bits per heavy atom. The van der Waals surface area contributed by atoms with E-state index < -0.39 is 6.04 Å². The highest BCUT2D eigenvalue weighted by molar-refractivity contribution is 7.98. The fourth-order valence-electron chi connectivity index (χ4n) is 4.62. The zero-order valence-electron chi connectivity index (χ0n) is 17.8. The van der Waals surface area contributed by atoms with E-state index in [-0.39, 0.29) is 17.9 Å². The lowest BCUT2D eigenvalue weighted by Gasteiger charge is -2.37. The van der Waals surface area contributed by atoms with Crippen LogP contribution in [0.3, 0.4) is 0 Å². The highest BCUT2D eigenvalue weighted by atomic mass is 32.2. The minimum Gasteiger partial charge on any atom is -0.351 e. The molecular formula is C24H31N3O2S. The van der Waals surface area contributed by atoms with Crippen molar-refractivity contribution in [3.63, 3.8) is 0 Å². The normalized spacial score (nSPS) is 23.9. The fraction of sp³-hybridized carbons (Fsp3) is 0.500. The minimum atomic E-state index is -0.550. The van der Waals surface area contributed by atoms with E-state index in [0.29, 0.717) is 13.1 Å². The van der Waals surface area contributed by atoms with Crippen LogP contribution in [0.1, 0.15) is 49.9 Å². The molecule has 6 heteroatoms. The van der Waals surface area contributed by atoms with Gasteiger partial charge in [0.15, 0.2) is 6.04 Å². The van der Waals surface area contributed by atoms with Crippen LogP contribution in [0.4, 0.5) is 0 Å². The lowest BCUT2D eigenvalue weighted by atomic mass is 9.87. The van der Waals surface area contributed by atoms with E-state index in [2.05, 4.69) is 42.8 Å².